The lowest BCUT2D eigenvalue weighted by molar-refractivity contribution is 0.175. The van der Waals surface area contributed by atoms with Crippen LogP contribution in [0.2, 0.25) is 0 Å². The molecule has 0 aliphatic heterocycles. The van der Waals surface area contributed by atoms with Gasteiger partial charge in [-0.3, -0.25) is 0 Å². The molecular formula is C15H25N3O2. The fourth-order valence-electron chi connectivity index (χ4n) is 1.74. The summed E-state index contributed by atoms with van der Waals surface area (Å²) >= 11 is 0. The maximum absolute atomic E-state index is 11.3. The summed E-state index contributed by atoms with van der Waals surface area (Å²) < 4.78 is 0. The molecule has 4 N–H and O–H groups in total. The fraction of sp³-hybridized carbons (Fsp3) is 0.533. The number of benzene rings is 1. The van der Waals surface area contributed by atoms with Gasteiger partial charge in [0.1, 0.15) is 0 Å². The molecular weight excluding hydrogens is 254 g/mol. The van der Waals surface area contributed by atoms with Gasteiger partial charge in [-0.1, -0.05) is 43.7 Å². The molecule has 1 aromatic carbocycles. The number of hydrogen-bond acceptors (Lipinski definition) is 3. The quantitative estimate of drug-likeness (QED) is 0.516. The number of carbonyl (C=O) groups is 1. The molecule has 5 heteroatoms. The van der Waals surface area contributed by atoms with Crippen molar-refractivity contribution in [1.29, 1.82) is 0 Å². The minimum absolute atomic E-state index is 0.135. The molecule has 5 nitrogen and oxygen atoms in total. The second-order valence-electron chi connectivity index (χ2n) is 4.67. The van der Waals surface area contributed by atoms with Crippen LogP contribution in [0, 0.1) is 0 Å². The zero-order chi connectivity index (χ0) is 14.6. The second-order valence-corrected chi connectivity index (χ2v) is 4.67. The first kappa shape index (κ1) is 16.5. The van der Waals surface area contributed by atoms with E-state index in [1.165, 1.54) is 0 Å². The van der Waals surface area contributed by atoms with E-state index in [2.05, 4.69) is 22.9 Å². The summed E-state index contributed by atoms with van der Waals surface area (Å²) in [5, 5.41) is 18.6. The summed E-state index contributed by atoms with van der Waals surface area (Å²) in [6.45, 7) is 4.44. The van der Waals surface area contributed by atoms with Crippen molar-refractivity contribution >= 4 is 6.03 Å². The SMILES string of the molecule is CCCCNC(=O)NCCNC[C@@H](O)c1ccccc1. The van der Waals surface area contributed by atoms with Crippen LogP contribution in [0.5, 0.6) is 0 Å². The van der Waals surface area contributed by atoms with Gasteiger partial charge in [-0.15, -0.1) is 0 Å². The van der Waals surface area contributed by atoms with Gasteiger partial charge in [0.15, 0.2) is 0 Å². The Morgan fingerprint density at radius 3 is 2.55 bits per heavy atom. The third-order valence-electron chi connectivity index (χ3n) is 2.93. The molecule has 0 saturated heterocycles. The summed E-state index contributed by atoms with van der Waals surface area (Å²) in [7, 11) is 0. The molecule has 0 aliphatic rings. The highest BCUT2D eigenvalue weighted by Crippen LogP contribution is 2.09. The predicted molar refractivity (Wildman–Crippen MR) is 80.6 cm³/mol. The van der Waals surface area contributed by atoms with Crippen LogP contribution in [0.15, 0.2) is 30.3 Å². The van der Waals surface area contributed by atoms with Gasteiger partial charge in [-0.2, -0.15) is 0 Å². The van der Waals surface area contributed by atoms with Gasteiger partial charge in [-0.25, -0.2) is 4.79 Å². The number of amides is 2. The number of aliphatic hydroxyl groups is 1. The Morgan fingerprint density at radius 2 is 1.85 bits per heavy atom. The maximum Gasteiger partial charge on any atom is 0.314 e. The van der Waals surface area contributed by atoms with Gasteiger partial charge in [0, 0.05) is 26.2 Å². The first-order chi connectivity index (χ1) is 9.74. The fourth-order valence-corrected chi connectivity index (χ4v) is 1.74. The van der Waals surface area contributed by atoms with Crippen LogP contribution < -0.4 is 16.0 Å². The van der Waals surface area contributed by atoms with Crippen molar-refractivity contribution in [3.8, 4) is 0 Å². The zero-order valence-electron chi connectivity index (χ0n) is 12.1. The molecule has 0 saturated carbocycles. The number of aliphatic hydroxyl groups excluding tert-OH is 1. The molecule has 1 aromatic rings. The summed E-state index contributed by atoms with van der Waals surface area (Å²) in [5.41, 5.74) is 0.894. The summed E-state index contributed by atoms with van der Waals surface area (Å²) in [6.07, 6.45) is 1.54. The smallest absolute Gasteiger partial charge is 0.314 e. The van der Waals surface area contributed by atoms with Crippen molar-refractivity contribution in [2.24, 2.45) is 0 Å². The van der Waals surface area contributed by atoms with E-state index < -0.39 is 6.10 Å². The lowest BCUT2D eigenvalue weighted by Crippen LogP contribution is -2.40. The van der Waals surface area contributed by atoms with Gasteiger partial charge in [0.05, 0.1) is 6.10 Å². The Labute approximate surface area is 120 Å². The van der Waals surface area contributed by atoms with E-state index in [9.17, 15) is 9.90 Å². The topological polar surface area (TPSA) is 73.4 Å². The van der Waals surface area contributed by atoms with Gasteiger partial charge in [-0.05, 0) is 12.0 Å². The molecule has 0 radical (unpaired) electrons. The van der Waals surface area contributed by atoms with Crippen molar-refractivity contribution in [1.82, 2.24) is 16.0 Å². The molecule has 20 heavy (non-hydrogen) atoms. The standard InChI is InChI=1S/C15H25N3O2/c1-2-3-9-17-15(20)18-11-10-16-12-14(19)13-7-5-4-6-8-13/h4-8,14,16,19H,2-3,9-12H2,1H3,(H2,17,18,20)/t14-/m1/s1. The third kappa shape index (κ3) is 7.11. The summed E-state index contributed by atoms with van der Waals surface area (Å²) in [6, 6.07) is 9.38. The lowest BCUT2D eigenvalue weighted by atomic mass is 10.1. The molecule has 0 bridgehead atoms. The van der Waals surface area contributed by atoms with Crippen molar-refractivity contribution in [2.45, 2.75) is 25.9 Å². The number of unbranched alkanes of at least 4 members (excludes halogenated alkanes) is 1. The molecule has 1 rings (SSSR count). The number of hydrogen-bond donors (Lipinski definition) is 4. The van der Waals surface area contributed by atoms with Crippen molar-refractivity contribution in [3.05, 3.63) is 35.9 Å². The van der Waals surface area contributed by atoms with E-state index in [4.69, 9.17) is 0 Å². The Balaban J connectivity index is 2.03. The summed E-state index contributed by atoms with van der Waals surface area (Å²) in [5.74, 6) is 0. The molecule has 0 heterocycles. The first-order valence-corrected chi connectivity index (χ1v) is 7.19. The average molecular weight is 279 g/mol. The molecule has 0 aliphatic carbocycles. The highest BCUT2D eigenvalue weighted by atomic mass is 16.3. The molecule has 0 fully saturated rings. The number of urea groups is 1. The highest BCUT2D eigenvalue weighted by molar-refractivity contribution is 5.73. The van der Waals surface area contributed by atoms with Gasteiger partial charge in [0.25, 0.3) is 0 Å². The third-order valence-corrected chi connectivity index (χ3v) is 2.93. The Morgan fingerprint density at radius 1 is 1.15 bits per heavy atom. The van der Waals surface area contributed by atoms with Crippen LogP contribution in [0.3, 0.4) is 0 Å². The predicted octanol–water partition coefficient (Wildman–Crippen LogP) is 1.41. The van der Waals surface area contributed by atoms with E-state index in [1.807, 2.05) is 30.3 Å². The molecule has 0 aromatic heterocycles. The molecule has 1 atom stereocenters. The summed E-state index contributed by atoms with van der Waals surface area (Å²) in [4.78, 5) is 11.3. The van der Waals surface area contributed by atoms with Gasteiger partial charge < -0.3 is 21.1 Å². The Bertz CT molecular complexity index is 371. The number of carbonyl (C=O) groups excluding carboxylic acids is 1. The molecule has 2 amide bonds. The maximum atomic E-state index is 11.3. The average Bonchev–Trinajstić information content (AvgIpc) is 2.48. The zero-order valence-corrected chi connectivity index (χ0v) is 12.1. The van der Waals surface area contributed by atoms with Crippen molar-refractivity contribution in [3.63, 3.8) is 0 Å². The van der Waals surface area contributed by atoms with E-state index in [0.717, 1.165) is 18.4 Å². The minimum atomic E-state index is -0.519. The van der Waals surface area contributed by atoms with Gasteiger partial charge in [0.2, 0.25) is 0 Å². The monoisotopic (exact) mass is 279 g/mol. The van der Waals surface area contributed by atoms with E-state index >= 15 is 0 Å². The lowest BCUT2D eigenvalue weighted by Gasteiger charge is -2.12. The van der Waals surface area contributed by atoms with Crippen molar-refractivity contribution < 1.29 is 9.90 Å². The highest BCUT2D eigenvalue weighted by Gasteiger charge is 2.05. The second kappa shape index (κ2) is 10.2. The molecule has 0 unspecified atom stereocenters. The molecule has 0 spiro atoms. The van der Waals surface area contributed by atoms with Crippen LogP contribution in [0.4, 0.5) is 4.79 Å². The van der Waals surface area contributed by atoms with Gasteiger partial charge >= 0.3 is 6.03 Å². The van der Waals surface area contributed by atoms with E-state index in [1.54, 1.807) is 0 Å². The largest absolute Gasteiger partial charge is 0.387 e. The van der Waals surface area contributed by atoms with Crippen LogP contribution in [0.1, 0.15) is 31.4 Å². The van der Waals surface area contributed by atoms with Crippen LogP contribution in [-0.2, 0) is 0 Å². The van der Waals surface area contributed by atoms with Crippen LogP contribution >= 0.6 is 0 Å². The number of rotatable bonds is 9. The number of nitrogens with one attached hydrogen (secondary N) is 3. The van der Waals surface area contributed by atoms with E-state index in [-0.39, 0.29) is 6.03 Å². The normalized spacial score (nSPS) is 11.9. The van der Waals surface area contributed by atoms with E-state index in [0.29, 0.717) is 26.2 Å². The van der Waals surface area contributed by atoms with Crippen molar-refractivity contribution in [2.75, 3.05) is 26.2 Å². The van der Waals surface area contributed by atoms with Crippen LogP contribution in [-0.4, -0.2) is 37.3 Å². The molecule has 112 valence electrons. The minimum Gasteiger partial charge on any atom is -0.387 e. The van der Waals surface area contributed by atoms with Crippen LogP contribution in [0.25, 0.3) is 0 Å². The Kier molecular flexibility index (Phi) is 8.42. The first-order valence-electron chi connectivity index (χ1n) is 7.19. The Hall–Kier alpha value is -1.59.